The maximum absolute atomic E-state index is 11.5. The monoisotopic (exact) mass is 395 g/mol. The summed E-state index contributed by atoms with van der Waals surface area (Å²) in [5, 5.41) is 24.0. The SMILES string of the molecule is CC(C)(C)C1C(COc2cccc(CS(N)(=O)=O)c2C#N)CCN1C(=O)O. The van der Waals surface area contributed by atoms with E-state index < -0.39 is 21.9 Å². The first-order valence-corrected chi connectivity index (χ1v) is 10.3. The molecular formula is C18H25N3O5S. The number of ether oxygens (including phenoxy) is 1. The van der Waals surface area contributed by atoms with Crippen molar-refractivity contribution < 1.29 is 23.1 Å². The van der Waals surface area contributed by atoms with E-state index in [1.807, 2.05) is 26.8 Å². The third-order valence-electron chi connectivity index (χ3n) is 4.69. The summed E-state index contributed by atoms with van der Waals surface area (Å²) >= 11 is 0. The zero-order valence-corrected chi connectivity index (χ0v) is 16.5. The maximum Gasteiger partial charge on any atom is 0.407 e. The molecule has 3 N–H and O–H groups in total. The molecule has 0 spiro atoms. The summed E-state index contributed by atoms with van der Waals surface area (Å²) in [4.78, 5) is 13.0. The number of rotatable bonds is 5. The molecular weight excluding hydrogens is 370 g/mol. The molecule has 0 radical (unpaired) electrons. The van der Waals surface area contributed by atoms with Crippen LogP contribution < -0.4 is 9.88 Å². The van der Waals surface area contributed by atoms with Gasteiger partial charge in [0.25, 0.3) is 0 Å². The first-order valence-electron chi connectivity index (χ1n) is 8.59. The lowest BCUT2D eigenvalue weighted by atomic mass is 9.80. The van der Waals surface area contributed by atoms with Crippen molar-refractivity contribution >= 4 is 16.1 Å². The van der Waals surface area contributed by atoms with Crippen molar-refractivity contribution in [1.82, 2.24) is 4.90 Å². The summed E-state index contributed by atoms with van der Waals surface area (Å²) < 4.78 is 28.6. The van der Waals surface area contributed by atoms with Crippen LogP contribution in [0.5, 0.6) is 5.75 Å². The van der Waals surface area contributed by atoms with E-state index in [0.29, 0.717) is 13.0 Å². The van der Waals surface area contributed by atoms with Crippen molar-refractivity contribution in [3.63, 3.8) is 0 Å². The van der Waals surface area contributed by atoms with Gasteiger partial charge in [-0.3, -0.25) is 0 Å². The van der Waals surface area contributed by atoms with Gasteiger partial charge in [0.05, 0.1) is 17.9 Å². The zero-order chi connectivity index (χ0) is 20.4. The first kappa shape index (κ1) is 21.0. The lowest BCUT2D eigenvalue weighted by molar-refractivity contribution is 0.0786. The number of likely N-dealkylation sites (tertiary alicyclic amines) is 1. The summed E-state index contributed by atoms with van der Waals surface area (Å²) in [5.74, 6) is -0.205. The Morgan fingerprint density at radius 2 is 2.11 bits per heavy atom. The molecule has 1 aromatic carbocycles. The molecule has 0 aliphatic carbocycles. The second-order valence-corrected chi connectivity index (χ2v) is 9.47. The molecule has 0 aromatic heterocycles. The number of nitriles is 1. The normalized spacial score (nSPS) is 20.3. The van der Waals surface area contributed by atoms with Crippen LogP contribution in [0.2, 0.25) is 0 Å². The van der Waals surface area contributed by atoms with Gasteiger partial charge in [-0.1, -0.05) is 32.9 Å². The number of sulfonamides is 1. The maximum atomic E-state index is 11.5. The second-order valence-electron chi connectivity index (χ2n) is 7.86. The quantitative estimate of drug-likeness (QED) is 0.784. The number of hydrogen-bond acceptors (Lipinski definition) is 5. The zero-order valence-electron chi connectivity index (χ0n) is 15.7. The highest BCUT2D eigenvalue weighted by atomic mass is 32.2. The van der Waals surface area contributed by atoms with E-state index in [2.05, 4.69) is 0 Å². The van der Waals surface area contributed by atoms with Crippen molar-refractivity contribution in [3.05, 3.63) is 29.3 Å². The molecule has 9 heteroatoms. The van der Waals surface area contributed by atoms with Crippen LogP contribution in [0.1, 0.15) is 38.3 Å². The number of primary sulfonamides is 1. The number of carbonyl (C=O) groups is 1. The van der Waals surface area contributed by atoms with Gasteiger partial charge in [0.2, 0.25) is 10.0 Å². The lowest BCUT2D eigenvalue weighted by Crippen LogP contribution is -2.46. The molecule has 2 rings (SSSR count). The van der Waals surface area contributed by atoms with E-state index in [-0.39, 0.29) is 40.9 Å². The molecule has 1 aromatic rings. The molecule has 148 valence electrons. The molecule has 1 amide bonds. The van der Waals surface area contributed by atoms with Crippen molar-refractivity contribution in [2.45, 2.75) is 39.0 Å². The van der Waals surface area contributed by atoms with Crippen LogP contribution in [0.3, 0.4) is 0 Å². The van der Waals surface area contributed by atoms with Crippen LogP contribution in [-0.4, -0.2) is 43.7 Å². The van der Waals surface area contributed by atoms with E-state index in [9.17, 15) is 23.6 Å². The van der Waals surface area contributed by atoms with Gasteiger partial charge >= 0.3 is 6.09 Å². The summed E-state index contributed by atoms with van der Waals surface area (Å²) in [6.07, 6.45) is -0.294. The molecule has 1 fully saturated rings. The predicted molar refractivity (Wildman–Crippen MR) is 99.5 cm³/mol. The Balaban J connectivity index is 2.22. The fourth-order valence-electron chi connectivity index (χ4n) is 3.78. The minimum atomic E-state index is -3.78. The molecule has 1 saturated heterocycles. The third kappa shape index (κ3) is 5.11. The Labute approximate surface area is 159 Å². The number of carboxylic acid groups (broad SMARTS) is 1. The molecule has 8 nitrogen and oxygen atoms in total. The van der Waals surface area contributed by atoms with Crippen molar-refractivity contribution in [1.29, 1.82) is 5.26 Å². The van der Waals surface area contributed by atoms with Crippen molar-refractivity contribution in [2.75, 3.05) is 13.2 Å². The Kier molecular flexibility index (Phi) is 6.02. The fourth-order valence-corrected chi connectivity index (χ4v) is 4.45. The van der Waals surface area contributed by atoms with E-state index >= 15 is 0 Å². The molecule has 1 heterocycles. The number of amides is 1. The van der Waals surface area contributed by atoms with Gasteiger partial charge in [-0.2, -0.15) is 5.26 Å². The minimum Gasteiger partial charge on any atom is -0.492 e. The van der Waals surface area contributed by atoms with Gasteiger partial charge < -0.3 is 14.7 Å². The summed E-state index contributed by atoms with van der Waals surface area (Å²) in [7, 11) is -3.78. The summed E-state index contributed by atoms with van der Waals surface area (Å²) in [5.41, 5.74) is 0.145. The number of hydrogen-bond donors (Lipinski definition) is 2. The number of benzene rings is 1. The molecule has 27 heavy (non-hydrogen) atoms. The molecule has 1 aliphatic rings. The topological polar surface area (TPSA) is 134 Å². The smallest absolute Gasteiger partial charge is 0.407 e. The van der Waals surface area contributed by atoms with Crippen LogP contribution in [-0.2, 0) is 15.8 Å². The highest BCUT2D eigenvalue weighted by molar-refractivity contribution is 7.88. The Morgan fingerprint density at radius 1 is 1.44 bits per heavy atom. The Hall–Kier alpha value is -2.31. The Morgan fingerprint density at radius 3 is 2.63 bits per heavy atom. The van der Waals surface area contributed by atoms with Crippen molar-refractivity contribution in [3.8, 4) is 11.8 Å². The molecule has 0 bridgehead atoms. The fraction of sp³-hybridized carbons (Fsp3) is 0.556. The average Bonchev–Trinajstić information content (AvgIpc) is 2.96. The highest BCUT2D eigenvalue weighted by Gasteiger charge is 2.44. The van der Waals surface area contributed by atoms with Crippen LogP contribution in [0, 0.1) is 22.7 Å². The lowest BCUT2D eigenvalue weighted by Gasteiger charge is -2.37. The first-order chi connectivity index (χ1) is 12.4. The van der Waals surface area contributed by atoms with Gasteiger partial charge in [0.15, 0.2) is 0 Å². The van der Waals surface area contributed by atoms with E-state index in [1.54, 1.807) is 12.1 Å². The second kappa shape index (κ2) is 7.74. The Bertz CT molecular complexity index is 855. The standard InChI is InChI=1S/C18H25N3O5S/c1-18(2,3)16-12(7-8-21(16)17(22)23)10-26-15-6-4-5-13(14(15)9-19)11-27(20,24)25/h4-6,12,16H,7-8,10-11H2,1-3H3,(H,22,23)(H2,20,24,25). The summed E-state index contributed by atoms with van der Waals surface area (Å²) in [6.45, 7) is 6.62. The van der Waals surface area contributed by atoms with Gasteiger partial charge in [-0.05, 0) is 23.5 Å². The molecule has 1 aliphatic heterocycles. The average molecular weight is 395 g/mol. The van der Waals surface area contributed by atoms with E-state index in [0.717, 1.165) is 0 Å². The minimum absolute atomic E-state index is 0.0328. The molecule has 2 unspecified atom stereocenters. The number of nitrogens with zero attached hydrogens (tertiary/aromatic N) is 2. The van der Waals surface area contributed by atoms with Gasteiger partial charge in [-0.25, -0.2) is 18.4 Å². The van der Waals surface area contributed by atoms with E-state index in [1.165, 1.54) is 11.0 Å². The van der Waals surface area contributed by atoms with Gasteiger partial charge in [0, 0.05) is 18.5 Å². The predicted octanol–water partition coefficient (Wildman–Crippen LogP) is 2.14. The van der Waals surface area contributed by atoms with Crippen LogP contribution >= 0.6 is 0 Å². The van der Waals surface area contributed by atoms with Crippen molar-refractivity contribution in [2.24, 2.45) is 16.5 Å². The largest absolute Gasteiger partial charge is 0.492 e. The molecule has 0 saturated carbocycles. The van der Waals surface area contributed by atoms with Crippen LogP contribution in [0.15, 0.2) is 18.2 Å². The van der Waals surface area contributed by atoms with Crippen LogP contribution in [0.4, 0.5) is 4.79 Å². The van der Waals surface area contributed by atoms with Crippen LogP contribution in [0.25, 0.3) is 0 Å². The summed E-state index contributed by atoms with van der Waals surface area (Å²) in [6, 6.07) is 6.50. The molecule has 2 atom stereocenters. The van der Waals surface area contributed by atoms with Gasteiger partial charge in [0.1, 0.15) is 11.8 Å². The highest BCUT2D eigenvalue weighted by Crippen LogP contribution is 2.37. The number of nitrogens with two attached hydrogens (primary N) is 1. The third-order valence-corrected chi connectivity index (χ3v) is 5.40. The van der Waals surface area contributed by atoms with Gasteiger partial charge in [-0.15, -0.1) is 0 Å². The van der Waals surface area contributed by atoms with E-state index in [4.69, 9.17) is 9.88 Å².